The fourth-order valence-electron chi connectivity index (χ4n) is 2.60. The van der Waals surface area contributed by atoms with Crippen LogP contribution in [0.3, 0.4) is 0 Å². The van der Waals surface area contributed by atoms with Gasteiger partial charge >= 0.3 is 0 Å². The van der Waals surface area contributed by atoms with Crippen LogP contribution in [-0.2, 0) is 6.67 Å². The highest BCUT2D eigenvalue weighted by atomic mass is 32.2. The number of para-hydroxylation sites is 2. The van der Waals surface area contributed by atoms with Crippen LogP contribution in [0.1, 0.15) is 13.3 Å². The van der Waals surface area contributed by atoms with Gasteiger partial charge in [-0.15, -0.1) is 11.3 Å². The highest BCUT2D eigenvalue weighted by molar-refractivity contribution is 8.01. The molecule has 0 aliphatic carbocycles. The number of anilines is 1. The lowest BCUT2D eigenvalue weighted by Gasteiger charge is -2.07. The van der Waals surface area contributed by atoms with Gasteiger partial charge in [-0.1, -0.05) is 30.8 Å². The normalized spacial score (nSPS) is 11.4. The molecular weight excluding hydrogens is 370 g/mol. The molecule has 25 heavy (non-hydrogen) atoms. The van der Waals surface area contributed by atoms with Crippen LogP contribution < -0.4 is 5.32 Å². The zero-order valence-corrected chi connectivity index (χ0v) is 16.1. The molecule has 2 aromatic carbocycles. The van der Waals surface area contributed by atoms with Crippen molar-refractivity contribution in [1.82, 2.24) is 9.55 Å². The first kappa shape index (κ1) is 16.6. The Hall–Kier alpha value is -1.83. The summed E-state index contributed by atoms with van der Waals surface area (Å²) in [6.07, 6.45) is 1.16. The first-order valence-electron chi connectivity index (χ1n) is 8.10. The fourth-order valence-corrected chi connectivity index (χ4v) is 4.88. The summed E-state index contributed by atoms with van der Waals surface area (Å²) in [6, 6.07) is 14.2. The predicted molar refractivity (Wildman–Crippen MR) is 109 cm³/mol. The van der Waals surface area contributed by atoms with Crippen LogP contribution in [0.15, 0.2) is 51.2 Å². The summed E-state index contributed by atoms with van der Waals surface area (Å²) in [6.45, 7) is 2.75. The van der Waals surface area contributed by atoms with Gasteiger partial charge in [0.1, 0.15) is 0 Å². The van der Waals surface area contributed by atoms with E-state index in [-0.39, 0.29) is 0 Å². The van der Waals surface area contributed by atoms with E-state index in [1.54, 1.807) is 11.3 Å². The first-order chi connectivity index (χ1) is 12.2. The SMILES string of the molecule is CCCSc1nc2ccc(NCn3c(=S)oc4ccccc43)cc2s1. The summed E-state index contributed by atoms with van der Waals surface area (Å²) >= 11 is 8.90. The molecular formula is C18H17N3OS3. The van der Waals surface area contributed by atoms with Crippen LogP contribution in [0.5, 0.6) is 0 Å². The van der Waals surface area contributed by atoms with E-state index in [0.29, 0.717) is 11.5 Å². The van der Waals surface area contributed by atoms with Gasteiger partial charge in [-0.25, -0.2) is 4.98 Å². The van der Waals surface area contributed by atoms with Crippen LogP contribution in [0.2, 0.25) is 0 Å². The third-order valence-electron chi connectivity index (χ3n) is 3.81. The lowest BCUT2D eigenvalue weighted by Crippen LogP contribution is -2.07. The zero-order valence-electron chi connectivity index (χ0n) is 13.7. The number of thioether (sulfide) groups is 1. The van der Waals surface area contributed by atoms with Gasteiger partial charge < -0.3 is 9.73 Å². The molecule has 128 valence electrons. The highest BCUT2D eigenvalue weighted by Crippen LogP contribution is 2.31. The molecule has 0 aliphatic heterocycles. The second-order valence-electron chi connectivity index (χ2n) is 5.61. The van der Waals surface area contributed by atoms with Crippen molar-refractivity contribution in [1.29, 1.82) is 0 Å². The summed E-state index contributed by atoms with van der Waals surface area (Å²) < 4.78 is 9.92. The second kappa shape index (κ2) is 7.19. The van der Waals surface area contributed by atoms with E-state index in [1.165, 1.54) is 4.70 Å². The van der Waals surface area contributed by atoms with Crippen molar-refractivity contribution in [3.63, 3.8) is 0 Å². The molecule has 0 bridgehead atoms. The summed E-state index contributed by atoms with van der Waals surface area (Å²) in [5.74, 6) is 1.11. The van der Waals surface area contributed by atoms with Crippen molar-refractivity contribution >= 4 is 62.3 Å². The quantitative estimate of drug-likeness (QED) is 0.318. The van der Waals surface area contributed by atoms with Crippen LogP contribution in [-0.4, -0.2) is 15.3 Å². The molecule has 4 nitrogen and oxygen atoms in total. The number of fused-ring (bicyclic) bond motifs is 2. The maximum atomic E-state index is 5.63. The molecule has 0 amide bonds. The molecule has 0 spiro atoms. The van der Waals surface area contributed by atoms with Crippen molar-refractivity contribution in [3.8, 4) is 0 Å². The summed E-state index contributed by atoms with van der Waals surface area (Å²) in [4.78, 5) is 5.15. The molecule has 2 heterocycles. The van der Waals surface area contributed by atoms with Gasteiger partial charge in [0.2, 0.25) is 0 Å². The molecule has 0 saturated carbocycles. The number of benzene rings is 2. The molecule has 4 rings (SSSR count). The second-order valence-corrected chi connectivity index (χ2v) is 8.33. The predicted octanol–water partition coefficient (Wildman–Crippen LogP) is 6.15. The summed E-state index contributed by atoms with van der Waals surface area (Å²) in [5.41, 5.74) is 3.91. The minimum atomic E-state index is 0.478. The molecule has 0 atom stereocenters. The summed E-state index contributed by atoms with van der Waals surface area (Å²) in [7, 11) is 0. The molecule has 0 radical (unpaired) electrons. The molecule has 0 saturated heterocycles. The van der Waals surface area contributed by atoms with Gasteiger partial charge in [-0.2, -0.15) is 0 Å². The molecule has 4 aromatic rings. The third-order valence-corrected chi connectivity index (χ3v) is 6.48. The number of nitrogens with one attached hydrogen (secondary N) is 1. The number of thiazole rings is 1. The van der Waals surface area contributed by atoms with Crippen LogP contribution in [0, 0.1) is 4.84 Å². The standard InChI is InChI=1S/C18H17N3OS3/c1-2-9-24-17-20-13-8-7-12(10-16(13)25-17)19-11-21-14-5-3-4-6-15(14)22-18(21)23/h3-8,10,19H,2,9,11H2,1H3. The van der Waals surface area contributed by atoms with E-state index in [9.17, 15) is 0 Å². The molecule has 0 unspecified atom stereocenters. The maximum Gasteiger partial charge on any atom is 0.271 e. The van der Waals surface area contributed by atoms with E-state index in [1.807, 2.05) is 40.6 Å². The Balaban J connectivity index is 1.56. The van der Waals surface area contributed by atoms with Gasteiger partial charge in [0.25, 0.3) is 4.84 Å². The zero-order chi connectivity index (χ0) is 17.2. The lowest BCUT2D eigenvalue weighted by molar-refractivity contribution is 0.546. The van der Waals surface area contributed by atoms with Crippen molar-refractivity contribution in [2.45, 2.75) is 24.4 Å². The van der Waals surface area contributed by atoms with E-state index in [4.69, 9.17) is 16.6 Å². The Bertz CT molecular complexity index is 1080. The number of aromatic nitrogens is 2. The van der Waals surface area contributed by atoms with E-state index in [2.05, 4.69) is 35.4 Å². The third kappa shape index (κ3) is 3.44. The van der Waals surface area contributed by atoms with Crippen molar-refractivity contribution in [2.24, 2.45) is 0 Å². The fraction of sp³-hybridized carbons (Fsp3) is 0.222. The monoisotopic (exact) mass is 387 g/mol. The van der Waals surface area contributed by atoms with Crippen molar-refractivity contribution in [3.05, 3.63) is 47.3 Å². The molecule has 7 heteroatoms. The number of hydrogen-bond acceptors (Lipinski definition) is 6. The first-order valence-corrected chi connectivity index (χ1v) is 10.3. The van der Waals surface area contributed by atoms with E-state index in [0.717, 1.165) is 38.8 Å². The molecule has 0 fully saturated rings. The smallest absolute Gasteiger partial charge is 0.271 e. The minimum Gasteiger partial charge on any atom is -0.429 e. The number of oxazole rings is 1. The van der Waals surface area contributed by atoms with E-state index >= 15 is 0 Å². The Morgan fingerprint density at radius 1 is 1.28 bits per heavy atom. The van der Waals surface area contributed by atoms with Crippen molar-refractivity contribution < 1.29 is 4.42 Å². The topological polar surface area (TPSA) is 43.0 Å². The Morgan fingerprint density at radius 3 is 3.04 bits per heavy atom. The van der Waals surface area contributed by atoms with Gasteiger partial charge in [0.05, 0.1) is 22.4 Å². The minimum absolute atomic E-state index is 0.478. The average molecular weight is 388 g/mol. The van der Waals surface area contributed by atoms with Crippen LogP contribution in [0.4, 0.5) is 5.69 Å². The molecule has 1 N–H and O–H groups in total. The summed E-state index contributed by atoms with van der Waals surface area (Å²) in [5, 5.41) is 3.43. The number of rotatable bonds is 6. The van der Waals surface area contributed by atoms with Gasteiger partial charge in [-0.3, -0.25) is 4.57 Å². The molecule has 2 aromatic heterocycles. The van der Waals surface area contributed by atoms with Gasteiger partial charge in [0.15, 0.2) is 9.92 Å². The Morgan fingerprint density at radius 2 is 2.16 bits per heavy atom. The Labute approximate surface area is 158 Å². The van der Waals surface area contributed by atoms with Gasteiger partial charge in [0, 0.05) is 11.4 Å². The number of hydrogen-bond donors (Lipinski definition) is 1. The van der Waals surface area contributed by atoms with Gasteiger partial charge in [-0.05, 0) is 49.0 Å². The largest absolute Gasteiger partial charge is 0.429 e. The average Bonchev–Trinajstić information content (AvgIpc) is 3.17. The van der Waals surface area contributed by atoms with Crippen LogP contribution in [0.25, 0.3) is 21.3 Å². The van der Waals surface area contributed by atoms with E-state index < -0.39 is 0 Å². The van der Waals surface area contributed by atoms with Crippen molar-refractivity contribution in [2.75, 3.05) is 11.1 Å². The van der Waals surface area contributed by atoms with Crippen LogP contribution >= 0.6 is 35.3 Å². The molecule has 0 aliphatic rings. The number of nitrogens with zero attached hydrogens (tertiary/aromatic N) is 2. The lowest BCUT2D eigenvalue weighted by atomic mass is 10.3. The Kier molecular flexibility index (Phi) is 4.78. The maximum absolute atomic E-state index is 5.63. The highest BCUT2D eigenvalue weighted by Gasteiger charge is 2.07.